The third-order valence-electron chi connectivity index (χ3n) is 7.97. The molecule has 1 aromatic rings. The summed E-state index contributed by atoms with van der Waals surface area (Å²) in [7, 11) is 2.19. The zero-order valence-corrected chi connectivity index (χ0v) is 28.5. The van der Waals surface area contributed by atoms with Gasteiger partial charge >= 0.3 is 17.9 Å². The largest absolute Gasteiger partial charge is 0.481 e. The van der Waals surface area contributed by atoms with E-state index in [0.717, 1.165) is 44.9 Å². The SMILES string of the molecule is O=C(O)CCCCCCCCCCCCCCCCCCC(=O)Nc1cc(C(=O)O)cc(C(=O)NCCCCC(NP)C(=O)O)c1. The molecule has 1 rings (SSSR count). The van der Waals surface area contributed by atoms with Crippen molar-refractivity contribution in [1.29, 1.82) is 0 Å². The topological polar surface area (TPSA) is 182 Å². The summed E-state index contributed by atoms with van der Waals surface area (Å²) >= 11 is 0. The Bertz CT molecular complexity index is 1070. The number of aliphatic carboxylic acids is 2. The quantitative estimate of drug-likeness (QED) is 0.0382. The highest BCUT2D eigenvalue weighted by Gasteiger charge is 2.15. The van der Waals surface area contributed by atoms with E-state index in [2.05, 4.69) is 25.1 Å². The van der Waals surface area contributed by atoms with Gasteiger partial charge in [-0.25, -0.2) is 4.79 Å². The molecular weight excluding hydrogens is 609 g/mol. The van der Waals surface area contributed by atoms with Crippen molar-refractivity contribution >= 4 is 44.8 Å². The normalized spacial score (nSPS) is 11.6. The van der Waals surface area contributed by atoms with Crippen LogP contribution in [0.4, 0.5) is 5.69 Å². The summed E-state index contributed by atoms with van der Waals surface area (Å²) in [5.74, 6) is -3.53. The van der Waals surface area contributed by atoms with Crippen LogP contribution in [0, 0.1) is 0 Å². The number of aromatic carboxylic acids is 1. The van der Waals surface area contributed by atoms with Crippen molar-refractivity contribution in [3.63, 3.8) is 0 Å². The number of amides is 2. The van der Waals surface area contributed by atoms with Gasteiger partial charge in [-0.3, -0.25) is 24.3 Å². The predicted octanol–water partition coefficient (Wildman–Crippen LogP) is 7.16. The summed E-state index contributed by atoms with van der Waals surface area (Å²) in [5, 5.41) is 35.3. The molecule has 0 radical (unpaired) electrons. The Hall–Kier alpha value is -3.04. The first-order chi connectivity index (χ1) is 22.1. The molecule has 260 valence electrons. The fourth-order valence-electron chi connectivity index (χ4n) is 5.27. The molecule has 2 atom stereocenters. The maximum atomic E-state index is 12.6. The van der Waals surface area contributed by atoms with Gasteiger partial charge in [-0.2, -0.15) is 0 Å². The summed E-state index contributed by atoms with van der Waals surface area (Å²) in [6.45, 7) is 0.307. The molecule has 46 heavy (non-hydrogen) atoms. The van der Waals surface area contributed by atoms with Gasteiger partial charge in [-0.05, 0) is 50.3 Å². The van der Waals surface area contributed by atoms with Crippen LogP contribution in [0.25, 0.3) is 0 Å². The molecule has 0 aliphatic carbocycles. The first kappa shape index (κ1) is 41.0. The van der Waals surface area contributed by atoms with Crippen LogP contribution < -0.4 is 15.7 Å². The zero-order valence-electron chi connectivity index (χ0n) is 27.3. The fraction of sp³-hybridized carbons (Fsp3) is 0.676. The Morgan fingerprint density at radius 1 is 0.609 bits per heavy atom. The van der Waals surface area contributed by atoms with Crippen LogP contribution in [-0.4, -0.2) is 57.6 Å². The van der Waals surface area contributed by atoms with E-state index in [1.807, 2.05) is 0 Å². The molecule has 0 heterocycles. The van der Waals surface area contributed by atoms with Gasteiger partial charge in [0.15, 0.2) is 0 Å². The summed E-state index contributed by atoms with van der Waals surface area (Å²) in [4.78, 5) is 58.3. The van der Waals surface area contributed by atoms with Crippen LogP contribution in [0.2, 0.25) is 0 Å². The summed E-state index contributed by atoms with van der Waals surface area (Å²) < 4.78 is 0. The number of carboxylic acid groups (broad SMARTS) is 3. The molecule has 12 heteroatoms. The number of hydrogen-bond acceptors (Lipinski definition) is 6. The molecule has 2 amide bonds. The van der Waals surface area contributed by atoms with Gasteiger partial charge in [-0.1, -0.05) is 99.3 Å². The van der Waals surface area contributed by atoms with Crippen LogP contribution in [0.15, 0.2) is 18.2 Å². The van der Waals surface area contributed by atoms with Crippen LogP contribution in [0.5, 0.6) is 0 Å². The number of benzene rings is 1. The minimum Gasteiger partial charge on any atom is -0.481 e. The molecule has 0 fully saturated rings. The maximum absolute atomic E-state index is 12.6. The van der Waals surface area contributed by atoms with E-state index < -0.39 is 29.9 Å². The molecule has 0 aromatic heterocycles. The van der Waals surface area contributed by atoms with E-state index in [0.29, 0.717) is 32.2 Å². The van der Waals surface area contributed by atoms with Crippen molar-refractivity contribution in [3.05, 3.63) is 29.3 Å². The molecule has 11 nitrogen and oxygen atoms in total. The van der Waals surface area contributed by atoms with Crippen molar-refractivity contribution in [3.8, 4) is 0 Å². The fourth-order valence-corrected chi connectivity index (χ4v) is 5.58. The van der Waals surface area contributed by atoms with Crippen LogP contribution in [0.1, 0.15) is 156 Å². The van der Waals surface area contributed by atoms with Gasteiger partial charge in [0, 0.05) is 30.6 Å². The smallest absolute Gasteiger partial charge is 0.335 e. The second kappa shape index (κ2) is 26.1. The molecule has 2 unspecified atom stereocenters. The van der Waals surface area contributed by atoms with Crippen LogP contribution >= 0.6 is 9.39 Å². The van der Waals surface area contributed by atoms with Gasteiger partial charge in [0.25, 0.3) is 5.91 Å². The van der Waals surface area contributed by atoms with Crippen LogP contribution in [0.3, 0.4) is 0 Å². The summed E-state index contributed by atoms with van der Waals surface area (Å²) in [5.41, 5.74) is 0.298. The molecule has 1 aromatic carbocycles. The van der Waals surface area contributed by atoms with Crippen molar-refractivity contribution in [2.24, 2.45) is 0 Å². The highest BCUT2D eigenvalue weighted by molar-refractivity contribution is 7.13. The second-order valence-corrected chi connectivity index (χ2v) is 12.3. The lowest BCUT2D eigenvalue weighted by Gasteiger charge is -2.12. The zero-order chi connectivity index (χ0) is 34.0. The second-order valence-electron chi connectivity index (χ2n) is 12.0. The third-order valence-corrected chi connectivity index (χ3v) is 8.38. The standard InChI is InChI=1S/C34H56N3O8P/c38-30(20-15-13-11-9-7-5-3-1-2-4-6-8-10-12-14-16-21-31(39)40)36-28-24-26(23-27(25-28)33(42)43)32(41)35-22-18-17-19-29(37-46)34(44)45/h23-25,29,37H,1-22,46H2,(H,35,41)(H,36,38)(H,39,40)(H,42,43)(H,44,45). The number of anilines is 1. The molecule has 0 aliphatic rings. The van der Waals surface area contributed by atoms with Crippen molar-refractivity contribution in [1.82, 2.24) is 10.4 Å². The van der Waals surface area contributed by atoms with E-state index in [-0.39, 0.29) is 29.1 Å². The van der Waals surface area contributed by atoms with E-state index >= 15 is 0 Å². The Morgan fingerprint density at radius 3 is 1.54 bits per heavy atom. The summed E-state index contributed by atoms with van der Waals surface area (Å²) in [6.07, 6.45) is 20.3. The molecular formula is C34H56N3O8P. The molecule has 0 saturated carbocycles. The molecule has 0 bridgehead atoms. The van der Waals surface area contributed by atoms with Gasteiger partial charge in [-0.15, -0.1) is 0 Å². The van der Waals surface area contributed by atoms with Gasteiger partial charge in [0.2, 0.25) is 5.91 Å². The highest BCUT2D eigenvalue weighted by atomic mass is 31.0. The summed E-state index contributed by atoms with van der Waals surface area (Å²) in [6, 6.07) is 3.39. The highest BCUT2D eigenvalue weighted by Crippen LogP contribution is 2.18. The Balaban J connectivity index is 2.18. The molecule has 0 aliphatic heterocycles. The Labute approximate surface area is 276 Å². The molecule has 6 N–H and O–H groups in total. The minimum atomic E-state index is -1.20. The van der Waals surface area contributed by atoms with E-state index in [1.54, 1.807) is 0 Å². The lowest BCUT2D eigenvalue weighted by molar-refractivity contribution is -0.139. The number of carbonyl (C=O) groups is 5. The van der Waals surface area contributed by atoms with E-state index in [1.165, 1.54) is 76.0 Å². The number of carboxylic acids is 3. The van der Waals surface area contributed by atoms with Gasteiger partial charge in [0.1, 0.15) is 6.04 Å². The van der Waals surface area contributed by atoms with E-state index in [4.69, 9.17) is 10.2 Å². The number of carbonyl (C=O) groups excluding carboxylic acids is 2. The molecule has 0 spiro atoms. The van der Waals surface area contributed by atoms with Gasteiger partial charge in [0.05, 0.1) is 5.56 Å². The minimum absolute atomic E-state index is 0.0968. The lowest BCUT2D eigenvalue weighted by atomic mass is 10.0. The van der Waals surface area contributed by atoms with Crippen molar-refractivity contribution < 1.29 is 39.3 Å². The monoisotopic (exact) mass is 665 g/mol. The first-order valence-electron chi connectivity index (χ1n) is 17.0. The maximum Gasteiger partial charge on any atom is 0.335 e. The third kappa shape index (κ3) is 20.9. The average Bonchev–Trinajstić information content (AvgIpc) is 3.01. The first-order valence-corrected chi connectivity index (χ1v) is 17.6. The number of rotatable bonds is 29. The van der Waals surface area contributed by atoms with E-state index in [9.17, 15) is 29.1 Å². The van der Waals surface area contributed by atoms with Crippen molar-refractivity contribution in [2.75, 3.05) is 11.9 Å². The number of nitrogens with one attached hydrogen (secondary N) is 3. The predicted molar refractivity (Wildman–Crippen MR) is 183 cm³/mol. The van der Waals surface area contributed by atoms with Crippen molar-refractivity contribution in [2.45, 2.75) is 141 Å². The number of hydrogen-bond donors (Lipinski definition) is 6. The number of unbranched alkanes of at least 4 members (excludes halogenated alkanes) is 16. The molecule has 0 saturated heterocycles. The Morgan fingerprint density at radius 2 is 1.09 bits per heavy atom. The van der Waals surface area contributed by atoms with Gasteiger partial charge < -0.3 is 26.0 Å². The lowest BCUT2D eigenvalue weighted by Crippen LogP contribution is -2.30. The average molecular weight is 666 g/mol. The van der Waals surface area contributed by atoms with Crippen LogP contribution in [-0.2, 0) is 14.4 Å². The Kier molecular flexibility index (Phi) is 23.2.